The summed E-state index contributed by atoms with van der Waals surface area (Å²) < 4.78 is 0. The number of carbonyl (C=O) groups is 1. The number of hydrogen-bond acceptors (Lipinski definition) is 2. The van der Waals surface area contributed by atoms with Crippen molar-refractivity contribution < 1.29 is 4.79 Å². The van der Waals surface area contributed by atoms with Gasteiger partial charge in [0.2, 0.25) is 0 Å². The van der Waals surface area contributed by atoms with Crippen molar-refractivity contribution in [2.45, 2.75) is 52.7 Å². The third-order valence-corrected chi connectivity index (χ3v) is 6.35. The number of benzene rings is 3. The molecule has 4 rings (SSSR count). The molecule has 3 aromatic carbocycles. The van der Waals surface area contributed by atoms with Crippen LogP contribution in [0.5, 0.6) is 0 Å². The molecule has 1 atom stereocenters. The monoisotopic (exact) mass is 412 g/mol. The third-order valence-electron chi connectivity index (χ3n) is 6.35. The summed E-state index contributed by atoms with van der Waals surface area (Å²) in [5, 5.41) is 3.22. The predicted molar refractivity (Wildman–Crippen MR) is 127 cm³/mol. The molecule has 0 aliphatic carbocycles. The maximum atomic E-state index is 12.9. The van der Waals surface area contributed by atoms with Crippen molar-refractivity contribution in [3.8, 4) is 0 Å². The summed E-state index contributed by atoms with van der Waals surface area (Å²) in [6.07, 6.45) is 1.97. The van der Waals surface area contributed by atoms with E-state index in [1.54, 1.807) is 0 Å². The summed E-state index contributed by atoms with van der Waals surface area (Å²) in [5.41, 5.74) is 8.54. The summed E-state index contributed by atoms with van der Waals surface area (Å²) in [6, 6.07) is 23.3. The molecule has 0 aromatic heterocycles. The molecule has 0 saturated carbocycles. The van der Waals surface area contributed by atoms with E-state index in [1.807, 2.05) is 12.1 Å². The molecule has 1 amide bonds. The van der Waals surface area contributed by atoms with Crippen molar-refractivity contribution >= 4 is 5.91 Å². The topological polar surface area (TPSA) is 32.3 Å². The van der Waals surface area contributed by atoms with Crippen molar-refractivity contribution in [3.63, 3.8) is 0 Å². The Labute approximate surface area is 186 Å². The molecule has 3 aromatic rings. The Balaban J connectivity index is 1.39. The smallest absolute Gasteiger partial charge is 0.251 e. The van der Waals surface area contributed by atoms with Crippen LogP contribution in [0.1, 0.15) is 63.1 Å². The maximum absolute atomic E-state index is 12.9. The SMILES string of the molecule is CC[C@H](NC(=O)c1ccc(CN2CCc3ccccc3C2)cc1)c1ccc(C)cc1C. The fourth-order valence-electron chi connectivity index (χ4n) is 4.57. The minimum Gasteiger partial charge on any atom is -0.345 e. The molecule has 3 nitrogen and oxygen atoms in total. The van der Waals surface area contributed by atoms with E-state index in [0.29, 0.717) is 0 Å². The number of nitrogens with zero attached hydrogens (tertiary/aromatic N) is 1. The molecule has 1 heterocycles. The van der Waals surface area contributed by atoms with Gasteiger partial charge in [0.1, 0.15) is 0 Å². The van der Waals surface area contributed by atoms with Crippen molar-refractivity contribution in [3.05, 3.63) is 106 Å². The predicted octanol–water partition coefficient (Wildman–Crippen LogP) is 5.74. The Bertz CT molecular complexity index is 1050. The van der Waals surface area contributed by atoms with Gasteiger partial charge in [-0.15, -0.1) is 0 Å². The molecule has 0 saturated heterocycles. The first-order valence-corrected chi connectivity index (χ1v) is 11.3. The van der Waals surface area contributed by atoms with E-state index in [4.69, 9.17) is 0 Å². The molecule has 1 N–H and O–H groups in total. The van der Waals surface area contributed by atoms with Gasteiger partial charge in [0.25, 0.3) is 5.91 Å². The number of nitrogens with one attached hydrogen (secondary N) is 1. The number of amides is 1. The van der Waals surface area contributed by atoms with E-state index in [2.05, 4.69) is 85.6 Å². The first kappa shape index (κ1) is 21.3. The van der Waals surface area contributed by atoms with Gasteiger partial charge in [0.15, 0.2) is 0 Å². The Morgan fingerprint density at radius 1 is 1.00 bits per heavy atom. The Morgan fingerprint density at radius 2 is 1.74 bits per heavy atom. The number of rotatable bonds is 6. The van der Waals surface area contributed by atoms with Gasteiger partial charge in [-0.1, -0.05) is 67.1 Å². The highest BCUT2D eigenvalue weighted by Crippen LogP contribution is 2.23. The van der Waals surface area contributed by atoms with Crippen LogP contribution in [-0.2, 0) is 19.5 Å². The molecular weight excluding hydrogens is 380 g/mol. The summed E-state index contributed by atoms with van der Waals surface area (Å²) in [7, 11) is 0. The normalized spacial score (nSPS) is 14.7. The van der Waals surface area contributed by atoms with E-state index >= 15 is 0 Å². The van der Waals surface area contributed by atoms with Crippen molar-refractivity contribution in [2.24, 2.45) is 0 Å². The number of carbonyl (C=O) groups excluding carboxylic acids is 1. The lowest BCUT2D eigenvalue weighted by atomic mass is 9.97. The van der Waals surface area contributed by atoms with Crippen LogP contribution in [0.2, 0.25) is 0 Å². The lowest BCUT2D eigenvalue weighted by Crippen LogP contribution is -2.30. The van der Waals surface area contributed by atoms with Gasteiger partial charge in [-0.3, -0.25) is 9.69 Å². The zero-order valence-electron chi connectivity index (χ0n) is 18.8. The highest BCUT2D eigenvalue weighted by atomic mass is 16.1. The zero-order valence-corrected chi connectivity index (χ0v) is 18.8. The van der Waals surface area contributed by atoms with Crippen LogP contribution >= 0.6 is 0 Å². The summed E-state index contributed by atoms with van der Waals surface area (Å²) >= 11 is 0. The van der Waals surface area contributed by atoms with Gasteiger partial charge >= 0.3 is 0 Å². The fourth-order valence-corrected chi connectivity index (χ4v) is 4.57. The van der Waals surface area contributed by atoms with Crippen LogP contribution < -0.4 is 5.32 Å². The molecule has 3 heteroatoms. The molecule has 0 radical (unpaired) electrons. The summed E-state index contributed by atoms with van der Waals surface area (Å²) in [5.74, 6) is -0.00900. The quantitative estimate of drug-likeness (QED) is 0.560. The Kier molecular flexibility index (Phi) is 6.53. The van der Waals surface area contributed by atoms with Crippen LogP contribution in [0, 0.1) is 13.8 Å². The highest BCUT2D eigenvalue weighted by Gasteiger charge is 2.18. The second-order valence-corrected chi connectivity index (χ2v) is 8.72. The molecule has 0 unspecified atom stereocenters. The number of hydrogen-bond donors (Lipinski definition) is 1. The molecule has 31 heavy (non-hydrogen) atoms. The van der Waals surface area contributed by atoms with Crippen LogP contribution in [-0.4, -0.2) is 17.4 Å². The molecular formula is C28H32N2O. The average Bonchev–Trinajstić information content (AvgIpc) is 2.78. The van der Waals surface area contributed by atoms with E-state index in [9.17, 15) is 4.79 Å². The Hall–Kier alpha value is -2.91. The van der Waals surface area contributed by atoms with Crippen molar-refractivity contribution in [1.29, 1.82) is 0 Å². The third kappa shape index (κ3) is 5.05. The number of fused-ring (bicyclic) bond motifs is 1. The molecule has 1 aliphatic rings. The second kappa shape index (κ2) is 9.49. The minimum absolute atomic E-state index is 0.00900. The van der Waals surface area contributed by atoms with Gasteiger partial charge < -0.3 is 5.32 Å². The van der Waals surface area contributed by atoms with Crippen LogP contribution in [0.25, 0.3) is 0 Å². The second-order valence-electron chi connectivity index (χ2n) is 8.72. The van der Waals surface area contributed by atoms with E-state index in [-0.39, 0.29) is 11.9 Å². The Morgan fingerprint density at radius 3 is 2.45 bits per heavy atom. The molecule has 0 bridgehead atoms. The number of aryl methyl sites for hydroxylation is 2. The molecule has 1 aliphatic heterocycles. The molecule has 160 valence electrons. The van der Waals surface area contributed by atoms with Crippen LogP contribution in [0.15, 0.2) is 66.7 Å². The lowest BCUT2D eigenvalue weighted by molar-refractivity contribution is 0.0935. The summed E-state index contributed by atoms with van der Waals surface area (Å²) in [4.78, 5) is 15.4. The largest absolute Gasteiger partial charge is 0.345 e. The van der Waals surface area contributed by atoms with Gasteiger partial charge in [-0.05, 0) is 66.6 Å². The fraction of sp³-hybridized carbons (Fsp3) is 0.321. The van der Waals surface area contributed by atoms with Crippen molar-refractivity contribution in [1.82, 2.24) is 10.2 Å². The summed E-state index contributed by atoms with van der Waals surface area (Å²) in [6.45, 7) is 9.31. The average molecular weight is 413 g/mol. The zero-order chi connectivity index (χ0) is 21.8. The van der Waals surface area contributed by atoms with Gasteiger partial charge in [-0.2, -0.15) is 0 Å². The highest BCUT2D eigenvalue weighted by molar-refractivity contribution is 5.94. The van der Waals surface area contributed by atoms with E-state index < -0.39 is 0 Å². The van der Waals surface area contributed by atoms with E-state index in [0.717, 1.165) is 38.0 Å². The van der Waals surface area contributed by atoms with Gasteiger partial charge in [-0.25, -0.2) is 0 Å². The first-order chi connectivity index (χ1) is 15.0. The lowest BCUT2D eigenvalue weighted by Gasteiger charge is -2.28. The maximum Gasteiger partial charge on any atom is 0.251 e. The van der Waals surface area contributed by atoms with E-state index in [1.165, 1.54) is 33.4 Å². The van der Waals surface area contributed by atoms with Gasteiger partial charge in [0, 0.05) is 25.2 Å². The molecule has 0 fully saturated rings. The minimum atomic E-state index is -0.00900. The van der Waals surface area contributed by atoms with Crippen molar-refractivity contribution in [2.75, 3.05) is 6.54 Å². The van der Waals surface area contributed by atoms with Crippen LogP contribution in [0.3, 0.4) is 0 Å². The van der Waals surface area contributed by atoms with Crippen LogP contribution in [0.4, 0.5) is 0 Å². The van der Waals surface area contributed by atoms with Gasteiger partial charge in [0.05, 0.1) is 6.04 Å². The first-order valence-electron chi connectivity index (χ1n) is 11.3. The standard InChI is InChI=1S/C28H32N2O/c1-4-27(26-14-9-20(2)17-21(26)3)29-28(31)24-12-10-22(11-13-24)18-30-16-15-23-7-5-6-8-25(23)19-30/h5-14,17,27H,4,15-16,18-19H2,1-3H3,(H,29,31)/t27-/m0/s1. The molecule has 0 spiro atoms.